The quantitative estimate of drug-likeness (QED) is 0.0790. The zero-order valence-corrected chi connectivity index (χ0v) is 36.7. The number of ether oxygens (including phenoxy) is 4. The second-order valence-corrected chi connectivity index (χ2v) is 16.7. The molecule has 5 bridgehead atoms. The summed E-state index contributed by atoms with van der Waals surface area (Å²) in [7, 11) is 1.42. The molecule has 3 aromatic rings. The summed E-state index contributed by atoms with van der Waals surface area (Å²) in [5.74, 6) is -9.45. The van der Waals surface area contributed by atoms with Crippen molar-refractivity contribution in [3.8, 4) is 23.0 Å². The number of benzene rings is 3. The number of aromatic hydroxyl groups is 3. The number of aliphatic hydroxyl groups is 2. The minimum atomic E-state index is -2.10. The summed E-state index contributed by atoms with van der Waals surface area (Å²) in [5, 5.41) is 66.2. The lowest BCUT2D eigenvalue weighted by Crippen LogP contribution is -2.46. The normalized spacial score (nSPS) is 30.0. The predicted octanol–water partition coefficient (Wildman–Crippen LogP) is 5.79. The Labute approximate surface area is 365 Å². The Balaban J connectivity index is 1.53. The number of hydrogen-bond donors (Lipinski definition) is 6. The number of hydrogen-bond acceptors (Lipinski definition) is 14. The zero-order valence-electron chi connectivity index (χ0n) is 36.7. The van der Waals surface area contributed by atoms with E-state index in [1.165, 1.54) is 58.2 Å². The fraction of sp³-hybridized carbons (Fsp3) is 0.426. The Bertz CT molecular complexity index is 2460. The van der Waals surface area contributed by atoms with Crippen LogP contribution in [0.1, 0.15) is 85.9 Å². The van der Waals surface area contributed by atoms with Gasteiger partial charge in [0.2, 0.25) is 0 Å². The molecule has 63 heavy (non-hydrogen) atoms. The first-order valence-electron chi connectivity index (χ1n) is 20.8. The molecule has 9 unspecified atom stereocenters. The number of methoxy groups -OCH3 is 1. The van der Waals surface area contributed by atoms with Crippen molar-refractivity contribution in [1.82, 2.24) is 5.01 Å². The maximum absolute atomic E-state index is 14.5. The number of hydrazone groups is 1. The molecule has 0 saturated carbocycles. The summed E-state index contributed by atoms with van der Waals surface area (Å²) in [6.07, 6.45) is 4.85. The van der Waals surface area contributed by atoms with Gasteiger partial charge in [-0.3, -0.25) is 19.2 Å². The molecule has 0 aromatic heterocycles. The smallest absolute Gasteiger partial charge is 0.312 e. The van der Waals surface area contributed by atoms with Crippen molar-refractivity contribution in [2.45, 2.75) is 92.0 Å². The first-order chi connectivity index (χ1) is 29.7. The molecule has 3 aromatic carbocycles. The van der Waals surface area contributed by atoms with Crippen LogP contribution < -0.4 is 10.1 Å². The van der Waals surface area contributed by atoms with Gasteiger partial charge in [-0.05, 0) is 38.0 Å². The molecule has 336 valence electrons. The molecule has 0 spiro atoms. The van der Waals surface area contributed by atoms with E-state index in [4.69, 9.17) is 18.9 Å². The number of aliphatic hydroxyl groups excluding tert-OH is 2. The number of Topliss-reactive ketones (excluding diaryl/α,β-unsaturated/α-hetero) is 1. The SMILES string of the molecule is COC1/C=C\OC2(C)Oc3c(C)c(O)c4c(O)c(c(/C=N\N5CCc6ccccc6C5=O)c(O)c4c3C2=O)NC(=O)/C(C)=C\C=C/C(C)C(O)C(C)C(O)C(C)C(OC(C)=O)C1C. The van der Waals surface area contributed by atoms with Crippen molar-refractivity contribution in [3.63, 3.8) is 0 Å². The molecule has 6 N–H and O–H groups in total. The van der Waals surface area contributed by atoms with Gasteiger partial charge in [-0.25, -0.2) is 5.01 Å². The molecular formula is C47H55N3O13. The van der Waals surface area contributed by atoms with Gasteiger partial charge in [0, 0.05) is 73.3 Å². The number of fused-ring (bicyclic) bond motifs is 15. The summed E-state index contributed by atoms with van der Waals surface area (Å²) in [5.41, 5.74) is 0.428. The number of nitrogens with zero attached hydrogens (tertiary/aromatic N) is 2. The second-order valence-electron chi connectivity index (χ2n) is 16.7. The molecule has 9 atom stereocenters. The number of nitrogens with one attached hydrogen (secondary N) is 1. The highest BCUT2D eigenvalue weighted by molar-refractivity contribution is 6.24. The molecule has 4 aliphatic heterocycles. The Hall–Kier alpha value is -6.23. The molecule has 0 saturated heterocycles. The molecule has 16 nitrogen and oxygen atoms in total. The third-order valence-electron chi connectivity index (χ3n) is 12.4. The summed E-state index contributed by atoms with van der Waals surface area (Å²) >= 11 is 0. The lowest BCUT2D eigenvalue weighted by molar-refractivity contribution is -0.160. The van der Waals surface area contributed by atoms with Gasteiger partial charge in [-0.2, -0.15) is 5.10 Å². The van der Waals surface area contributed by atoms with Crippen molar-refractivity contribution in [3.05, 3.63) is 88.2 Å². The van der Waals surface area contributed by atoms with E-state index >= 15 is 0 Å². The van der Waals surface area contributed by atoms with Crippen LogP contribution >= 0.6 is 0 Å². The number of rotatable bonds is 4. The number of anilines is 1. The number of carbonyl (C=O) groups is 4. The van der Waals surface area contributed by atoms with E-state index in [0.717, 1.165) is 11.8 Å². The van der Waals surface area contributed by atoms with Gasteiger partial charge >= 0.3 is 11.8 Å². The molecule has 2 amide bonds. The number of ketones is 1. The topological polar surface area (TPSA) is 234 Å². The number of amides is 2. The monoisotopic (exact) mass is 869 g/mol. The van der Waals surface area contributed by atoms with E-state index in [2.05, 4.69) is 10.4 Å². The maximum Gasteiger partial charge on any atom is 0.312 e. The van der Waals surface area contributed by atoms with E-state index in [1.807, 2.05) is 12.1 Å². The number of allylic oxidation sites excluding steroid dienone is 2. The van der Waals surface area contributed by atoms with Gasteiger partial charge in [-0.1, -0.05) is 64.1 Å². The van der Waals surface area contributed by atoms with Crippen LogP contribution in [0.15, 0.2) is 65.5 Å². The fourth-order valence-electron chi connectivity index (χ4n) is 8.52. The number of phenolic OH excluding ortho intramolecular Hbond substituents is 3. The van der Waals surface area contributed by atoms with Crippen molar-refractivity contribution in [2.24, 2.45) is 28.8 Å². The zero-order chi connectivity index (χ0) is 46.2. The van der Waals surface area contributed by atoms with Gasteiger partial charge in [-0.15, -0.1) is 0 Å². The lowest BCUT2D eigenvalue weighted by Gasteiger charge is -2.38. The lowest BCUT2D eigenvalue weighted by atomic mass is 9.78. The molecular weight excluding hydrogens is 815 g/mol. The van der Waals surface area contributed by atoms with Gasteiger partial charge in [0.15, 0.2) is 5.75 Å². The van der Waals surface area contributed by atoms with Crippen LogP contribution in [0, 0.1) is 30.6 Å². The summed E-state index contributed by atoms with van der Waals surface area (Å²) in [6, 6.07) is 7.05. The highest BCUT2D eigenvalue weighted by Gasteiger charge is 2.50. The highest BCUT2D eigenvalue weighted by Crippen LogP contribution is 2.55. The first-order valence-corrected chi connectivity index (χ1v) is 20.8. The van der Waals surface area contributed by atoms with Crippen molar-refractivity contribution < 1.29 is 63.7 Å². The minimum absolute atomic E-state index is 0.00515. The second kappa shape index (κ2) is 18.2. The molecule has 4 aliphatic rings. The predicted molar refractivity (Wildman–Crippen MR) is 233 cm³/mol. The Kier molecular flexibility index (Phi) is 13.4. The highest BCUT2D eigenvalue weighted by atomic mass is 16.7. The van der Waals surface area contributed by atoms with Crippen LogP contribution in [0.2, 0.25) is 0 Å². The molecule has 16 heteroatoms. The van der Waals surface area contributed by atoms with Gasteiger partial charge in [0.25, 0.3) is 17.6 Å². The largest absolute Gasteiger partial charge is 0.507 e. The van der Waals surface area contributed by atoms with Crippen molar-refractivity contribution in [1.29, 1.82) is 0 Å². The van der Waals surface area contributed by atoms with Crippen LogP contribution in [0.5, 0.6) is 23.0 Å². The third kappa shape index (κ3) is 8.62. The van der Waals surface area contributed by atoms with Crippen LogP contribution in [0.25, 0.3) is 10.8 Å². The van der Waals surface area contributed by atoms with Gasteiger partial charge in [0.05, 0.1) is 53.0 Å². The first kappa shape index (κ1) is 46.3. The van der Waals surface area contributed by atoms with E-state index in [1.54, 1.807) is 52.0 Å². The third-order valence-corrected chi connectivity index (χ3v) is 12.4. The number of phenols is 3. The van der Waals surface area contributed by atoms with E-state index in [0.29, 0.717) is 12.0 Å². The molecule has 0 aliphatic carbocycles. The average Bonchev–Trinajstić information content (AvgIpc) is 3.52. The van der Waals surface area contributed by atoms with Gasteiger partial charge < -0.3 is 49.8 Å². The van der Waals surface area contributed by atoms with E-state index in [9.17, 15) is 44.7 Å². The Morgan fingerprint density at radius 3 is 2.33 bits per heavy atom. The standard InChI is InChI=1S/C47H55N3O13/c1-22-13-12-14-23(2)45(58)49-36-31(21-48-50-19-17-29-15-10-11-16-30(29)46(50)59)40(55)33-34(41(36)56)39(54)27(6)43-35(33)44(57)47(8,63-43)61-20-18-32(60-9)24(3)42(62-28(7)51)26(5)38(53)25(4)37(22)52/h10-16,18,20-22,24-26,32,37-38,42,52-56H,17,19H2,1-9H3,(H,49,58)/b13-12-,20-18-,23-14-,48-21-. The summed E-state index contributed by atoms with van der Waals surface area (Å²) in [6.45, 7) is 12.5. The Morgan fingerprint density at radius 1 is 0.952 bits per heavy atom. The fourth-order valence-corrected chi connectivity index (χ4v) is 8.52. The summed E-state index contributed by atoms with van der Waals surface area (Å²) < 4.78 is 23.6. The molecule has 0 fully saturated rings. The van der Waals surface area contributed by atoms with Crippen LogP contribution in [0.3, 0.4) is 0 Å². The average molecular weight is 870 g/mol. The number of esters is 1. The summed E-state index contributed by atoms with van der Waals surface area (Å²) in [4.78, 5) is 54.2. The molecule has 4 heterocycles. The van der Waals surface area contributed by atoms with E-state index < -0.39 is 94.7 Å². The number of carbonyl (C=O) groups excluding carboxylic acids is 4. The van der Waals surface area contributed by atoms with E-state index in [-0.39, 0.29) is 51.0 Å². The minimum Gasteiger partial charge on any atom is -0.507 e. The van der Waals surface area contributed by atoms with Gasteiger partial charge in [0.1, 0.15) is 23.4 Å². The van der Waals surface area contributed by atoms with Crippen LogP contribution in [-0.2, 0) is 30.2 Å². The van der Waals surface area contributed by atoms with Crippen molar-refractivity contribution >= 4 is 46.2 Å². The molecule has 7 rings (SSSR count). The van der Waals surface area contributed by atoms with Crippen LogP contribution in [0.4, 0.5) is 5.69 Å². The van der Waals surface area contributed by atoms with Crippen LogP contribution in [-0.4, -0.2) is 104 Å². The van der Waals surface area contributed by atoms with Crippen molar-refractivity contribution in [2.75, 3.05) is 19.0 Å². The molecule has 0 radical (unpaired) electrons. The Morgan fingerprint density at radius 2 is 1.65 bits per heavy atom. The maximum atomic E-state index is 14.5.